The zero-order valence-electron chi connectivity index (χ0n) is 8.32. The molecule has 0 aliphatic rings. The van der Waals surface area contributed by atoms with E-state index in [1.165, 1.54) is 0 Å². The minimum Gasteiger partial charge on any atom is -0.397 e. The third kappa shape index (κ3) is 4.59. The molecule has 0 aromatic carbocycles. The van der Waals surface area contributed by atoms with Gasteiger partial charge in [-0.05, 0) is 6.92 Å². The second-order valence-corrected chi connectivity index (χ2v) is 2.72. The van der Waals surface area contributed by atoms with Crippen LogP contribution in [0.3, 0.4) is 0 Å². The van der Waals surface area contributed by atoms with Gasteiger partial charge in [0.25, 0.3) is 0 Å². The molecule has 1 rings (SSSR count). The molecule has 5 nitrogen and oxygen atoms in total. The van der Waals surface area contributed by atoms with E-state index in [2.05, 4.69) is 10.1 Å². The molecule has 13 heavy (non-hydrogen) atoms. The molecular weight excluding hydrogens is 170 g/mol. The molecule has 1 aromatic heterocycles. The molecule has 3 N–H and O–H groups in total. The van der Waals surface area contributed by atoms with Crippen molar-refractivity contribution in [3.8, 4) is 0 Å². The van der Waals surface area contributed by atoms with Gasteiger partial charge in [-0.3, -0.25) is 0 Å². The summed E-state index contributed by atoms with van der Waals surface area (Å²) in [6.07, 6.45) is 0. The quantitative estimate of drug-likeness (QED) is 0.710. The molecule has 0 unspecified atom stereocenters. The van der Waals surface area contributed by atoms with Crippen LogP contribution in [0.4, 0.5) is 0 Å². The van der Waals surface area contributed by atoms with Crippen LogP contribution < -0.4 is 5.73 Å². The molecule has 76 valence electrons. The monoisotopic (exact) mass is 187 g/mol. The van der Waals surface area contributed by atoms with Crippen LogP contribution in [-0.2, 0) is 6.54 Å². The predicted octanol–water partition coefficient (Wildman–Crippen LogP) is 0.650. The normalized spacial score (nSPS) is 9.69. The van der Waals surface area contributed by atoms with E-state index in [0.717, 1.165) is 5.82 Å². The van der Waals surface area contributed by atoms with Crippen LogP contribution in [0.1, 0.15) is 38.4 Å². The number of aliphatic hydroxyl groups excluding tert-OH is 1. The summed E-state index contributed by atoms with van der Waals surface area (Å²) in [4.78, 5) is 4.03. The van der Waals surface area contributed by atoms with E-state index in [9.17, 15) is 0 Å². The van der Waals surface area contributed by atoms with Gasteiger partial charge in [-0.15, -0.1) is 0 Å². The first-order valence-electron chi connectivity index (χ1n) is 4.29. The lowest BCUT2D eigenvalue weighted by molar-refractivity contribution is 0.318. The summed E-state index contributed by atoms with van der Waals surface area (Å²) < 4.78 is 4.79. The van der Waals surface area contributed by atoms with Crippen LogP contribution >= 0.6 is 0 Å². The minimum absolute atomic E-state index is 0.250. The topological polar surface area (TPSA) is 85.2 Å². The maximum Gasteiger partial charge on any atom is 0.240 e. The summed E-state index contributed by atoms with van der Waals surface area (Å²) >= 11 is 0. The number of nitrogens with zero attached hydrogens (tertiary/aromatic N) is 2. The fourth-order valence-corrected chi connectivity index (χ4v) is 0.585. The van der Waals surface area contributed by atoms with Gasteiger partial charge in [0.2, 0.25) is 5.89 Å². The molecule has 0 spiro atoms. The largest absolute Gasteiger partial charge is 0.397 e. The average molecular weight is 187 g/mol. The van der Waals surface area contributed by atoms with Gasteiger partial charge in [-0.2, -0.15) is 4.98 Å². The Morgan fingerprint density at radius 2 is 2.08 bits per heavy atom. The number of aliphatic hydroxyl groups is 1. The fraction of sp³-hybridized carbons (Fsp3) is 0.750. The average Bonchev–Trinajstić information content (AvgIpc) is 2.53. The Bertz CT molecular complexity index is 223. The van der Waals surface area contributed by atoms with Crippen molar-refractivity contribution < 1.29 is 9.63 Å². The smallest absolute Gasteiger partial charge is 0.240 e. The lowest BCUT2D eigenvalue weighted by Gasteiger charge is -1.91. The highest BCUT2D eigenvalue weighted by Crippen LogP contribution is 2.08. The van der Waals surface area contributed by atoms with Gasteiger partial charge in [-0.25, -0.2) is 0 Å². The Morgan fingerprint density at radius 1 is 1.54 bits per heavy atom. The van der Waals surface area contributed by atoms with E-state index in [1.54, 1.807) is 6.92 Å². The molecule has 0 atom stereocenters. The van der Waals surface area contributed by atoms with Crippen LogP contribution in [0.15, 0.2) is 4.52 Å². The Labute approximate surface area is 77.9 Å². The van der Waals surface area contributed by atoms with Crippen molar-refractivity contribution in [3.63, 3.8) is 0 Å². The summed E-state index contributed by atoms with van der Waals surface area (Å²) in [7, 11) is 0. The molecule has 0 radical (unpaired) electrons. The van der Waals surface area contributed by atoms with Gasteiger partial charge >= 0.3 is 0 Å². The summed E-state index contributed by atoms with van der Waals surface area (Å²) in [5, 5.41) is 11.3. The first-order valence-corrected chi connectivity index (χ1v) is 4.29. The van der Waals surface area contributed by atoms with Gasteiger partial charge in [0, 0.05) is 12.5 Å². The van der Waals surface area contributed by atoms with Crippen molar-refractivity contribution in [2.24, 2.45) is 5.73 Å². The Balaban J connectivity index is 0.000000424. The number of hydrogen-bond acceptors (Lipinski definition) is 5. The van der Waals surface area contributed by atoms with E-state index in [4.69, 9.17) is 15.4 Å². The SMILES string of the molecule is CC(C)c1noc(CN)n1.CCO. The molecule has 0 fully saturated rings. The molecule has 0 amide bonds. The molecule has 0 saturated carbocycles. The molecule has 0 aliphatic heterocycles. The van der Waals surface area contributed by atoms with E-state index in [1.807, 2.05) is 13.8 Å². The van der Waals surface area contributed by atoms with Gasteiger partial charge in [0.05, 0.1) is 6.54 Å². The Morgan fingerprint density at radius 3 is 2.31 bits per heavy atom. The van der Waals surface area contributed by atoms with Crippen LogP contribution in [0.2, 0.25) is 0 Å². The highest BCUT2D eigenvalue weighted by molar-refractivity contribution is 4.90. The molecule has 0 aliphatic carbocycles. The Kier molecular flexibility index (Phi) is 6.09. The zero-order valence-corrected chi connectivity index (χ0v) is 8.32. The minimum atomic E-state index is 0.250. The van der Waals surface area contributed by atoms with Crippen molar-refractivity contribution in [2.45, 2.75) is 33.2 Å². The first-order chi connectivity index (χ1) is 6.15. The van der Waals surface area contributed by atoms with Crippen molar-refractivity contribution in [1.29, 1.82) is 0 Å². The maximum atomic E-state index is 7.57. The number of rotatable bonds is 2. The molecular formula is C8H17N3O2. The number of aromatic nitrogens is 2. The lowest BCUT2D eigenvalue weighted by Crippen LogP contribution is -1.97. The summed E-state index contributed by atoms with van der Waals surface area (Å²) in [5.74, 6) is 1.54. The van der Waals surface area contributed by atoms with Gasteiger partial charge in [0.15, 0.2) is 5.82 Å². The third-order valence-corrected chi connectivity index (χ3v) is 1.17. The summed E-state index contributed by atoms with van der Waals surface area (Å²) in [6, 6.07) is 0. The van der Waals surface area contributed by atoms with Crippen LogP contribution in [0, 0.1) is 0 Å². The number of hydrogen-bond donors (Lipinski definition) is 2. The van der Waals surface area contributed by atoms with Crippen molar-refractivity contribution in [1.82, 2.24) is 10.1 Å². The van der Waals surface area contributed by atoms with Gasteiger partial charge in [-0.1, -0.05) is 19.0 Å². The van der Waals surface area contributed by atoms with Crippen LogP contribution in [0.25, 0.3) is 0 Å². The van der Waals surface area contributed by atoms with Gasteiger partial charge in [0.1, 0.15) is 0 Å². The summed E-state index contributed by atoms with van der Waals surface area (Å²) in [6.45, 7) is 6.26. The highest BCUT2D eigenvalue weighted by atomic mass is 16.5. The van der Waals surface area contributed by atoms with Crippen molar-refractivity contribution in [3.05, 3.63) is 11.7 Å². The fourth-order valence-electron chi connectivity index (χ4n) is 0.585. The first kappa shape index (κ1) is 12.1. The maximum absolute atomic E-state index is 7.57. The van der Waals surface area contributed by atoms with E-state index < -0.39 is 0 Å². The lowest BCUT2D eigenvalue weighted by atomic mass is 10.2. The Hall–Kier alpha value is -0.940. The molecule has 0 bridgehead atoms. The standard InChI is InChI=1S/C6H11N3O.C2H6O/c1-4(2)6-8-5(3-7)10-9-6;1-2-3/h4H,3,7H2,1-2H3;3H,2H2,1H3. The molecule has 1 aromatic rings. The molecule has 0 saturated heterocycles. The number of nitrogens with two attached hydrogens (primary N) is 1. The van der Waals surface area contributed by atoms with Gasteiger partial charge < -0.3 is 15.4 Å². The molecule has 5 heteroatoms. The summed E-state index contributed by atoms with van der Waals surface area (Å²) in [5.41, 5.74) is 5.27. The zero-order chi connectivity index (χ0) is 10.3. The second-order valence-electron chi connectivity index (χ2n) is 2.72. The van der Waals surface area contributed by atoms with Crippen molar-refractivity contribution >= 4 is 0 Å². The van der Waals surface area contributed by atoms with Crippen molar-refractivity contribution in [2.75, 3.05) is 6.61 Å². The third-order valence-electron chi connectivity index (χ3n) is 1.17. The van der Waals surface area contributed by atoms with E-state index >= 15 is 0 Å². The van der Waals surface area contributed by atoms with E-state index in [-0.39, 0.29) is 6.61 Å². The van der Waals surface area contributed by atoms with Crippen LogP contribution in [0.5, 0.6) is 0 Å². The van der Waals surface area contributed by atoms with E-state index in [0.29, 0.717) is 18.4 Å². The highest BCUT2D eigenvalue weighted by Gasteiger charge is 2.06. The predicted molar refractivity (Wildman–Crippen MR) is 49.0 cm³/mol. The second kappa shape index (κ2) is 6.56. The molecule has 1 heterocycles. The van der Waals surface area contributed by atoms with Crippen LogP contribution in [-0.4, -0.2) is 21.9 Å².